The summed E-state index contributed by atoms with van der Waals surface area (Å²) in [7, 11) is 0. The third-order valence-corrected chi connectivity index (χ3v) is 6.72. The molecule has 0 aliphatic heterocycles. The predicted octanol–water partition coefficient (Wildman–Crippen LogP) is 6.97. The molecule has 3 unspecified atom stereocenters. The van der Waals surface area contributed by atoms with Crippen LogP contribution in [0.1, 0.15) is 84.1 Å². The van der Waals surface area contributed by atoms with E-state index in [9.17, 15) is 9.90 Å². The number of carboxylic acids is 1. The SMILES string of the molecule is CCCCCCCCCCC(C)SC(Cc1ccccc1)C(C)C(=O)O. The molecule has 2 nitrogen and oxygen atoms in total. The Kier molecular flexibility index (Phi) is 12.6. The summed E-state index contributed by atoms with van der Waals surface area (Å²) in [5.41, 5.74) is 1.23. The third-order valence-electron chi connectivity index (χ3n) is 5.10. The Morgan fingerprint density at radius 3 is 2.12 bits per heavy atom. The predicted molar refractivity (Wildman–Crippen MR) is 115 cm³/mol. The van der Waals surface area contributed by atoms with Gasteiger partial charge in [0.25, 0.3) is 0 Å². The van der Waals surface area contributed by atoms with Gasteiger partial charge < -0.3 is 5.11 Å². The first-order valence-corrected chi connectivity index (χ1v) is 11.4. The molecule has 0 radical (unpaired) electrons. The van der Waals surface area contributed by atoms with E-state index in [0.717, 1.165) is 6.42 Å². The second-order valence-electron chi connectivity index (χ2n) is 7.57. The highest BCUT2D eigenvalue weighted by molar-refractivity contribution is 8.00. The molecule has 3 heteroatoms. The van der Waals surface area contributed by atoms with E-state index >= 15 is 0 Å². The molecule has 0 saturated heterocycles. The van der Waals surface area contributed by atoms with Gasteiger partial charge in [0.2, 0.25) is 0 Å². The Morgan fingerprint density at radius 1 is 0.962 bits per heavy atom. The molecule has 1 aromatic rings. The number of carboxylic acid groups (broad SMARTS) is 1. The Labute approximate surface area is 165 Å². The summed E-state index contributed by atoms with van der Waals surface area (Å²) in [5.74, 6) is -1.00. The van der Waals surface area contributed by atoms with E-state index in [1.807, 2.05) is 36.9 Å². The lowest BCUT2D eigenvalue weighted by molar-refractivity contribution is -0.141. The lowest BCUT2D eigenvalue weighted by Gasteiger charge is -2.24. The normalized spacial score (nSPS) is 14.7. The maximum Gasteiger partial charge on any atom is 0.307 e. The average Bonchev–Trinajstić information content (AvgIpc) is 2.63. The molecule has 1 aromatic carbocycles. The van der Waals surface area contributed by atoms with E-state index in [-0.39, 0.29) is 11.2 Å². The van der Waals surface area contributed by atoms with Crippen LogP contribution >= 0.6 is 11.8 Å². The number of thioether (sulfide) groups is 1. The fraction of sp³-hybridized carbons (Fsp3) is 0.696. The molecule has 0 amide bonds. The van der Waals surface area contributed by atoms with Crippen LogP contribution in [0.15, 0.2) is 30.3 Å². The quantitative estimate of drug-likeness (QED) is 0.335. The first-order chi connectivity index (χ1) is 12.5. The van der Waals surface area contributed by atoms with Gasteiger partial charge in [0.05, 0.1) is 5.92 Å². The number of aliphatic carboxylic acids is 1. The first kappa shape index (κ1) is 23.1. The lowest BCUT2D eigenvalue weighted by Crippen LogP contribution is -2.26. The Morgan fingerprint density at radius 2 is 1.54 bits per heavy atom. The Balaban J connectivity index is 2.33. The number of benzene rings is 1. The largest absolute Gasteiger partial charge is 0.481 e. The van der Waals surface area contributed by atoms with E-state index < -0.39 is 5.97 Å². The van der Waals surface area contributed by atoms with Gasteiger partial charge in [-0.15, -0.1) is 0 Å². The van der Waals surface area contributed by atoms with E-state index in [4.69, 9.17) is 0 Å². The van der Waals surface area contributed by atoms with Crippen molar-refractivity contribution in [2.24, 2.45) is 5.92 Å². The van der Waals surface area contributed by atoms with Gasteiger partial charge in [-0.05, 0) is 18.4 Å². The average molecular weight is 379 g/mol. The maximum atomic E-state index is 11.5. The molecular weight excluding hydrogens is 340 g/mol. The van der Waals surface area contributed by atoms with Crippen LogP contribution in [0.25, 0.3) is 0 Å². The molecule has 0 spiro atoms. The zero-order chi connectivity index (χ0) is 19.2. The van der Waals surface area contributed by atoms with Crippen LogP contribution in [0.4, 0.5) is 0 Å². The number of carbonyl (C=O) groups is 1. The molecule has 0 aromatic heterocycles. The first-order valence-electron chi connectivity index (χ1n) is 10.5. The molecule has 0 aliphatic carbocycles. The number of rotatable bonds is 15. The van der Waals surface area contributed by atoms with E-state index in [1.165, 1.54) is 63.4 Å². The van der Waals surface area contributed by atoms with E-state index in [0.29, 0.717) is 5.25 Å². The maximum absolute atomic E-state index is 11.5. The molecule has 0 saturated carbocycles. The van der Waals surface area contributed by atoms with Crippen molar-refractivity contribution >= 4 is 17.7 Å². The van der Waals surface area contributed by atoms with Crippen LogP contribution in [0.2, 0.25) is 0 Å². The molecular formula is C23H38O2S. The van der Waals surface area contributed by atoms with Gasteiger partial charge in [0.1, 0.15) is 0 Å². The Hall–Kier alpha value is -0.960. The number of hydrogen-bond acceptors (Lipinski definition) is 2. The molecule has 1 N–H and O–H groups in total. The molecule has 26 heavy (non-hydrogen) atoms. The van der Waals surface area contributed by atoms with Crippen molar-refractivity contribution in [3.05, 3.63) is 35.9 Å². The smallest absolute Gasteiger partial charge is 0.307 e. The zero-order valence-corrected chi connectivity index (χ0v) is 17.8. The van der Waals surface area contributed by atoms with E-state index in [2.05, 4.69) is 26.0 Å². The van der Waals surface area contributed by atoms with Crippen LogP contribution in [0.5, 0.6) is 0 Å². The van der Waals surface area contributed by atoms with Crippen molar-refractivity contribution < 1.29 is 9.90 Å². The van der Waals surface area contributed by atoms with Gasteiger partial charge in [0.15, 0.2) is 0 Å². The summed E-state index contributed by atoms with van der Waals surface area (Å²) in [6.45, 7) is 6.37. The Bertz CT molecular complexity index is 474. The highest BCUT2D eigenvalue weighted by Gasteiger charge is 2.26. The summed E-state index contributed by atoms with van der Waals surface area (Å²) < 4.78 is 0. The van der Waals surface area contributed by atoms with Crippen LogP contribution in [0, 0.1) is 5.92 Å². The van der Waals surface area contributed by atoms with Crippen LogP contribution in [-0.4, -0.2) is 21.6 Å². The summed E-state index contributed by atoms with van der Waals surface area (Å²) in [4.78, 5) is 11.5. The van der Waals surface area contributed by atoms with Crippen molar-refractivity contribution in [3.63, 3.8) is 0 Å². The second-order valence-corrected chi connectivity index (χ2v) is 9.25. The van der Waals surface area contributed by atoms with Crippen molar-refractivity contribution in [1.29, 1.82) is 0 Å². The molecule has 0 aliphatic rings. The minimum Gasteiger partial charge on any atom is -0.481 e. The third kappa shape index (κ3) is 10.3. The topological polar surface area (TPSA) is 37.3 Å². The number of unbranched alkanes of at least 4 members (excludes halogenated alkanes) is 7. The van der Waals surface area contributed by atoms with Crippen molar-refractivity contribution in [2.75, 3.05) is 0 Å². The molecule has 3 atom stereocenters. The molecule has 1 rings (SSSR count). The van der Waals surface area contributed by atoms with Gasteiger partial charge in [-0.25, -0.2) is 0 Å². The summed E-state index contributed by atoms with van der Waals surface area (Å²) in [5, 5.41) is 10.1. The van der Waals surface area contributed by atoms with Gasteiger partial charge >= 0.3 is 5.97 Å². The van der Waals surface area contributed by atoms with Gasteiger partial charge in [-0.2, -0.15) is 11.8 Å². The summed E-state index contributed by atoms with van der Waals surface area (Å²) >= 11 is 1.87. The van der Waals surface area contributed by atoms with Gasteiger partial charge in [-0.1, -0.05) is 102 Å². The highest BCUT2D eigenvalue weighted by Crippen LogP contribution is 2.30. The van der Waals surface area contributed by atoms with Gasteiger partial charge in [-0.3, -0.25) is 4.79 Å². The van der Waals surface area contributed by atoms with Crippen LogP contribution in [-0.2, 0) is 11.2 Å². The minimum atomic E-state index is -0.683. The van der Waals surface area contributed by atoms with Crippen molar-refractivity contribution in [1.82, 2.24) is 0 Å². The van der Waals surface area contributed by atoms with E-state index in [1.54, 1.807) is 0 Å². The molecule has 0 bridgehead atoms. The number of hydrogen-bond donors (Lipinski definition) is 1. The van der Waals surface area contributed by atoms with Gasteiger partial charge in [0, 0.05) is 10.5 Å². The summed E-state index contributed by atoms with van der Waals surface area (Å²) in [6.07, 6.45) is 12.8. The van der Waals surface area contributed by atoms with Crippen LogP contribution < -0.4 is 0 Å². The monoisotopic (exact) mass is 378 g/mol. The van der Waals surface area contributed by atoms with Crippen molar-refractivity contribution in [3.8, 4) is 0 Å². The molecule has 148 valence electrons. The highest BCUT2D eigenvalue weighted by atomic mass is 32.2. The second kappa shape index (κ2) is 14.1. The van der Waals surface area contributed by atoms with Crippen LogP contribution in [0.3, 0.4) is 0 Å². The van der Waals surface area contributed by atoms with Crippen molar-refractivity contribution in [2.45, 2.75) is 95.5 Å². The standard InChI is InChI=1S/C23H38O2S/c1-4-5-6-7-8-9-10-12-15-19(2)26-22(20(3)23(24)25)18-21-16-13-11-14-17-21/h11,13-14,16-17,19-20,22H,4-10,12,15,18H2,1-3H3,(H,24,25). The fourth-order valence-corrected chi connectivity index (χ4v) is 4.82. The summed E-state index contributed by atoms with van der Waals surface area (Å²) in [6, 6.07) is 10.3. The lowest BCUT2D eigenvalue weighted by atomic mass is 10.0. The fourth-order valence-electron chi connectivity index (χ4n) is 3.28. The molecule has 0 heterocycles. The molecule has 0 fully saturated rings. The minimum absolute atomic E-state index is 0.138. The zero-order valence-electron chi connectivity index (χ0n) is 17.0.